The molecule has 112 valence electrons. The predicted molar refractivity (Wildman–Crippen MR) is 90.3 cm³/mol. The van der Waals surface area contributed by atoms with Gasteiger partial charge in [0.25, 0.3) is 0 Å². The molecule has 0 N–H and O–H groups in total. The lowest BCUT2D eigenvalue weighted by Gasteiger charge is -2.33. The molecular weight excluding hydrogens is 268 g/mol. The van der Waals surface area contributed by atoms with Crippen molar-refractivity contribution in [1.29, 1.82) is 5.26 Å². The van der Waals surface area contributed by atoms with Gasteiger partial charge in [0.2, 0.25) is 0 Å². The topological polar surface area (TPSA) is 27.0 Å². The molecule has 2 aromatic rings. The molecule has 2 aromatic carbocycles. The van der Waals surface area contributed by atoms with E-state index in [1.807, 2.05) is 24.3 Å². The molecule has 0 saturated carbocycles. The zero-order chi connectivity index (χ0) is 15.4. The third kappa shape index (κ3) is 3.21. The molecule has 3 rings (SSSR count). The molecule has 1 heterocycles. The summed E-state index contributed by atoms with van der Waals surface area (Å²) in [5.41, 5.74) is 4.22. The Balaban J connectivity index is 1.77. The molecule has 1 aliphatic heterocycles. The first-order valence-electron chi connectivity index (χ1n) is 8.10. The Hall–Kier alpha value is -2.11. The maximum Gasteiger partial charge on any atom is 0.0998 e. The van der Waals surface area contributed by atoms with Gasteiger partial charge in [-0.3, -0.25) is 4.90 Å². The molecule has 0 aliphatic carbocycles. The van der Waals surface area contributed by atoms with E-state index in [2.05, 4.69) is 42.2 Å². The van der Waals surface area contributed by atoms with Gasteiger partial charge >= 0.3 is 0 Å². The van der Waals surface area contributed by atoms with Crippen LogP contribution < -0.4 is 0 Å². The quantitative estimate of drug-likeness (QED) is 0.826. The second kappa shape index (κ2) is 6.77. The van der Waals surface area contributed by atoms with Crippen molar-refractivity contribution < 1.29 is 0 Å². The fraction of sp³-hybridized carbons (Fsp3) is 0.350. The Morgan fingerprint density at radius 2 is 1.86 bits per heavy atom. The highest BCUT2D eigenvalue weighted by Gasteiger charge is 2.18. The molecule has 1 fully saturated rings. The zero-order valence-corrected chi connectivity index (χ0v) is 13.1. The molecule has 0 spiro atoms. The van der Waals surface area contributed by atoms with Crippen LogP contribution >= 0.6 is 0 Å². The molecule has 1 saturated heterocycles. The van der Waals surface area contributed by atoms with Crippen molar-refractivity contribution in [2.24, 2.45) is 0 Å². The lowest BCUT2D eigenvalue weighted by molar-refractivity contribution is 0.152. The van der Waals surface area contributed by atoms with Crippen LogP contribution in [0.5, 0.6) is 0 Å². The summed E-state index contributed by atoms with van der Waals surface area (Å²) >= 11 is 0. The number of nitrogens with zero attached hydrogens (tertiary/aromatic N) is 2. The van der Waals surface area contributed by atoms with Gasteiger partial charge in [-0.15, -0.1) is 0 Å². The van der Waals surface area contributed by atoms with E-state index in [-0.39, 0.29) is 0 Å². The lowest BCUT2D eigenvalue weighted by Crippen LogP contribution is -2.36. The van der Waals surface area contributed by atoms with Crippen LogP contribution in [0.15, 0.2) is 48.5 Å². The van der Waals surface area contributed by atoms with Crippen LogP contribution in [-0.2, 0) is 6.54 Å². The first kappa shape index (κ1) is 14.8. The number of rotatable bonds is 3. The van der Waals surface area contributed by atoms with Gasteiger partial charge in [-0.1, -0.05) is 48.9 Å². The summed E-state index contributed by atoms with van der Waals surface area (Å²) < 4.78 is 0. The molecular formula is C20H22N2. The second-order valence-corrected chi connectivity index (χ2v) is 6.17. The highest BCUT2D eigenvalue weighted by Crippen LogP contribution is 2.25. The van der Waals surface area contributed by atoms with Crippen LogP contribution in [0.25, 0.3) is 11.1 Å². The Morgan fingerprint density at radius 3 is 2.59 bits per heavy atom. The summed E-state index contributed by atoms with van der Waals surface area (Å²) in [4.78, 5) is 2.57. The highest BCUT2D eigenvalue weighted by molar-refractivity contribution is 5.70. The third-order valence-electron chi connectivity index (χ3n) is 4.64. The normalized spacial score (nSPS) is 18.8. The molecule has 1 unspecified atom stereocenters. The van der Waals surface area contributed by atoms with Crippen LogP contribution in [0.2, 0.25) is 0 Å². The third-order valence-corrected chi connectivity index (χ3v) is 4.64. The summed E-state index contributed by atoms with van der Waals surface area (Å²) in [6, 6.07) is 19.4. The van der Waals surface area contributed by atoms with Crippen LogP contribution in [0.3, 0.4) is 0 Å². The van der Waals surface area contributed by atoms with E-state index in [9.17, 15) is 5.26 Å². The van der Waals surface area contributed by atoms with Crippen LogP contribution in [-0.4, -0.2) is 17.5 Å². The maximum absolute atomic E-state index is 9.22. The highest BCUT2D eigenvalue weighted by atomic mass is 15.2. The molecule has 0 amide bonds. The van der Waals surface area contributed by atoms with Gasteiger partial charge in [0.15, 0.2) is 0 Å². The van der Waals surface area contributed by atoms with E-state index in [0.717, 1.165) is 23.2 Å². The SMILES string of the molecule is CC1CCCCN1Cc1ccc(-c2ccccc2C#N)cc1. The average molecular weight is 290 g/mol. The Kier molecular flexibility index (Phi) is 4.56. The largest absolute Gasteiger partial charge is 0.296 e. The fourth-order valence-corrected chi connectivity index (χ4v) is 3.25. The van der Waals surface area contributed by atoms with Gasteiger partial charge < -0.3 is 0 Å². The fourth-order valence-electron chi connectivity index (χ4n) is 3.25. The number of hydrogen-bond donors (Lipinski definition) is 0. The molecule has 0 aromatic heterocycles. The van der Waals surface area contributed by atoms with Crippen LogP contribution in [0, 0.1) is 11.3 Å². The van der Waals surface area contributed by atoms with Crippen molar-refractivity contribution in [3.05, 3.63) is 59.7 Å². The molecule has 22 heavy (non-hydrogen) atoms. The number of hydrogen-bond acceptors (Lipinski definition) is 2. The number of benzene rings is 2. The molecule has 2 heteroatoms. The van der Waals surface area contributed by atoms with Gasteiger partial charge in [-0.05, 0) is 49.1 Å². The molecule has 1 atom stereocenters. The Bertz CT molecular complexity index is 667. The van der Waals surface area contributed by atoms with E-state index < -0.39 is 0 Å². The summed E-state index contributed by atoms with van der Waals surface area (Å²) in [7, 11) is 0. The van der Waals surface area contributed by atoms with E-state index in [1.165, 1.54) is 31.4 Å². The molecule has 1 aliphatic rings. The summed E-state index contributed by atoms with van der Waals surface area (Å²) in [5, 5.41) is 9.22. The average Bonchev–Trinajstić information content (AvgIpc) is 2.58. The minimum absolute atomic E-state index is 0.688. The first-order valence-corrected chi connectivity index (χ1v) is 8.10. The predicted octanol–water partition coefficient (Wildman–Crippen LogP) is 4.60. The minimum Gasteiger partial charge on any atom is -0.296 e. The second-order valence-electron chi connectivity index (χ2n) is 6.17. The van der Waals surface area contributed by atoms with Crippen LogP contribution in [0.4, 0.5) is 0 Å². The number of likely N-dealkylation sites (tertiary alicyclic amines) is 1. The first-order chi connectivity index (χ1) is 10.8. The number of nitriles is 1. The van der Waals surface area contributed by atoms with Gasteiger partial charge in [-0.2, -0.15) is 5.26 Å². The summed E-state index contributed by atoms with van der Waals surface area (Å²) in [6.45, 7) is 4.57. The van der Waals surface area contributed by atoms with Gasteiger partial charge in [0.05, 0.1) is 11.6 Å². The lowest BCUT2D eigenvalue weighted by atomic mass is 9.98. The van der Waals surface area contributed by atoms with E-state index >= 15 is 0 Å². The molecule has 0 radical (unpaired) electrons. The summed E-state index contributed by atoms with van der Waals surface area (Å²) in [6.07, 6.45) is 3.99. The van der Waals surface area contributed by atoms with Crippen molar-refractivity contribution in [3.63, 3.8) is 0 Å². The van der Waals surface area contributed by atoms with Crippen molar-refractivity contribution in [3.8, 4) is 17.2 Å². The van der Waals surface area contributed by atoms with Crippen molar-refractivity contribution in [1.82, 2.24) is 4.90 Å². The summed E-state index contributed by atoms with van der Waals surface area (Å²) in [5.74, 6) is 0. The van der Waals surface area contributed by atoms with Crippen molar-refractivity contribution in [2.75, 3.05) is 6.54 Å². The van der Waals surface area contributed by atoms with Crippen molar-refractivity contribution in [2.45, 2.75) is 38.8 Å². The zero-order valence-electron chi connectivity index (χ0n) is 13.1. The van der Waals surface area contributed by atoms with Crippen LogP contribution in [0.1, 0.15) is 37.3 Å². The standard InChI is InChI=1S/C20H22N2/c1-16-6-4-5-13-22(16)15-17-9-11-18(12-10-17)20-8-3-2-7-19(20)14-21/h2-3,7-12,16H,4-6,13,15H2,1H3. The van der Waals surface area contributed by atoms with E-state index in [1.54, 1.807) is 0 Å². The van der Waals surface area contributed by atoms with E-state index in [0.29, 0.717) is 6.04 Å². The van der Waals surface area contributed by atoms with E-state index in [4.69, 9.17) is 0 Å². The Labute approximate surface area is 133 Å². The number of piperidine rings is 1. The molecule has 0 bridgehead atoms. The Morgan fingerprint density at radius 1 is 1.09 bits per heavy atom. The smallest absolute Gasteiger partial charge is 0.0998 e. The minimum atomic E-state index is 0.688. The maximum atomic E-state index is 9.22. The van der Waals surface area contributed by atoms with Gasteiger partial charge in [-0.25, -0.2) is 0 Å². The van der Waals surface area contributed by atoms with Gasteiger partial charge in [0.1, 0.15) is 0 Å². The monoisotopic (exact) mass is 290 g/mol. The van der Waals surface area contributed by atoms with Crippen molar-refractivity contribution >= 4 is 0 Å². The molecule has 2 nitrogen and oxygen atoms in total. The van der Waals surface area contributed by atoms with Gasteiger partial charge in [0, 0.05) is 12.6 Å².